The van der Waals surface area contributed by atoms with Gasteiger partial charge in [-0.05, 0) is 25.6 Å². The molecule has 2 rings (SSSR count). The first-order valence-corrected chi connectivity index (χ1v) is 7.69. The van der Waals surface area contributed by atoms with Gasteiger partial charge in [0.25, 0.3) is 0 Å². The third kappa shape index (κ3) is 4.11. The van der Waals surface area contributed by atoms with Crippen LogP contribution in [0.4, 0.5) is 0 Å². The first-order chi connectivity index (χ1) is 9.31. The summed E-state index contributed by atoms with van der Waals surface area (Å²) in [5, 5.41) is 3.36. The van der Waals surface area contributed by atoms with Crippen molar-refractivity contribution in [2.45, 2.75) is 31.8 Å². The van der Waals surface area contributed by atoms with E-state index in [9.17, 15) is 0 Å². The van der Waals surface area contributed by atoms with Crippen molar-refractivity contribution in [1.82, 2.24) is 14.9 Å². The Bertz CT molecular complexity index is 493. The molecule has 0 saturated heterocycles. The minimum Gasteiger partial charge on any atom is -0.330 e. The second-order valence-corrected chi connectivity index (χ2v) is 5.56. The molecule has 0 spiro atoms. The molecule has 2 aromatic rings. The van der Waals surface area contributed by atoms with Crippen LogP contribution >= 0.6 is 11.8 Å². The van der Waals surface area contributed by atoms with Gasteiger partial charge in [-0.15, -0.1) is 11.8 Å². The van der Waals surface area contributed by atoms with E-state index in [1.807, 2.05) is 18.0 Å². The van der Waals surface area contributed by atoms with Gasteiger partial charge >= 0.3 is 0 Å². The quantitative estimate of drug-likeness (QED) is 0.788. The third-order valence-corrected chi connectivity index (χ3v) is 4.01. The molecular weight excluding hydrogens is 254 g/mol. The van der Waals surface area contributed by atoms with Gasteiger partial charge in [-0.2, -0.15) is 0 Å². The van der Waals surface area contributed by atoms with Crippen LogP contribution in [0.2, 0.25) is 0 Å². The Morgan fingerprint density at radius 3 is 2.79 bits per heavy atom. The summed E-state index contributed by atoms with van der Waals surface area (Å²) >= 11 is 1.89. The zero-order valence-electron chi connectivity index (χ0n) is 11.6. The van der Waals surface area contributed by atoms with E-state index in [0.29, 0.717) is 0 Å². The summed E-state index contributed by atoms with van der Waals surface area (Å²) in [4.78, 5) is 5.74. The Kier molecular flexibility index (Phi) is 5.48. The molecule has 0 fully saturated rings. The van der Waals surface area contributed by atoms with E-state index in [4.69, 9.17) is 0 Å². The van der Waals surface area contributed by atoms with Gasteiger partial charge in [-0.25, -0.2) is 4.98 Å². The number of thioether (sulfide) groups is 1. The smallest absolute Gasteiger partial charge is 0.105 e. The van der Waals surface area contributed by atoms with Crippen molar-refractivity contribution in [2.75, 3.05) is 12.3 Å². The van der Waals surface area contributed by atoms with Gasteiger partial charge in [-0.1, -0.05) is 25.1 Å². The van der Waals surface area contributed by atoms with Gasteiger partial charge in [0.2, 0.25) is 0 Å². The van der Waals surface area contributed by atoms with E-state index in [1.54, 1.807) is 0 Å². The van der Waals surface area contributed by atoms with Crippen molar-refractivity contribution >= 4 is 11.8 Å². The Morgan fingerprint density at radius 2 is 2.05 bits per heavy atom. The molecule has 1 aromatic carbocycles. The lowest BCUT2D eigenvalue weighted by molar-refractivity contribution is 0.637. The Hall–Kier alpha value is -1.26. The van der Waals surface area contributed by atoms with E-state index in [2.05, 4.69) is 59.0 Å². The van der Waals surface area contributed by atoms with E-state index >= 15 is 0 Å². The molecule has 0 unspecified atom stereocenters. The number of aryl methyl sites for hydroxylation is 1. The van der Waals surface area contributed by atoms with Crippen LogP contribution in [0.3, 0.4) is 0 Å². The number of nitrogens with zero attached hydrogens (tertiary/aromatic N) is 2. The molecule has 4 heteroatoms. The van der Waals surface area contributed by atoms with Crippen LogP contribution in [0, 0.1) is 6.92 Å². The molecule has 3 nitrogen and oxygen atoms in total. The Labute approximate surface area is 119 Å². The number of rotatable bonds is 7. The molecule has 0 radical (unpaired) electrons. The second-order valence-electron chi connectivity index (χ2n) is 4.39. The first-order valence-electron chi connectivity index (χ1n) is 6.71. The van der Waals surface area contributed by atoms with Crippen molar-refractivity contribution in [1.29, 1.82) is 0 Å². The summed E-state index contributed by atoms with van der Waals surface area (Å²) in [5.41, 5.74) is 1.27. The molecule has 1 aromatic heterocycles. The molecule has 0 amide bonds. The maximum Gasteiger partial charge on any atom is 0.105 e. The zero-order valence-corrected chi connectivity index (χ0v) is 12.4. The van der Waals surface area contributed by atoms with E-state index in [1.165, 1.54) is 10.6 Å². The maximum atomic E-state index is 4.41. The number of imidazole rings is 1. The predicted molar refractivity (Wildman–Crippen MR) is 81.5 cm³/mol. The largest absolute Gasteiger partial charge is 0.330 e. The first kappa shape index (κ1) is 14.2. The fourth-order valence-corrected chi connectivity index (χ4v) is 2.85. The molecule has 0 atom stereocenters. The van der Waals surface area contributed by atoms with Crippen molar-refractivity contribution < 1.29 is 0 Å². The lowest BCUT2D eigenvalue weighted by atomic mass is 10.4. The highest BCUT2D eigenvalue weighted by Crippen LogP contribution is 2.18. The molecule has 0 bridgehead atoms. The SMILES string of the molecule is CCNCc1cnc(C)n1CCSc1ccccc1. The highest BCUT2D eigenvalue weighted by molar-refractivity contribution is 7.99. The molecule has 1 heterocycles. The molecule has 19 heavy (non-hydrogen) atoms. The maximum absolute atomic E-state index is 4.41. The van der Waals surface area contributed by atoms with Gasteiger partial charge in [-0.3, -0.25) is 0 Å². The number of hydrogen-bond donors (Lipinski definition) is 1. The van der Waals surface area contributed by atoms with Gasteiger partial charge in [0.15, 0.2) is 0 Å². The van der Waals surface area contributed by atoms with Crippen LogP contribution in [0.5, 0.6) is 0 Å². The normalized spacial score (nSPS) is 10.8. The summed E-state index contributed by atoms with van der Waals surface area (Å²) in [7, 11) is 0. The molecule has 1 N–H and O–H groups in total. The number of aromatic nitrogens is 2. The topological polar surface area (TPSA) is 29.9 Å². The summed E-state index contributed by atoms with van der Waals surface area (Å²) in [6.45, 7) is 7.09. The fraction of sp³-hybridized carbons (Fsp3) is 0.400. The van der Waals surface area contributed by atoms with E-state index < -0.39 is 0 Å². The third-order valence-electron chi connectivity index (χ3n) is 3.02. The summed E-state index contributed by atoms with van der Waals surface area (Å²) in [6.07, 6.45) is 1.98. The molecule has 102 valence electrons. The number of hydrogen-bond acceptors (Lipinski definition) is 3. The van der Waals surface area contributed by atoms with Crippen molar-refractivity contribution in [3.05, 3.63) is 48.0 Å². The molecular formula is C15H21N3S. The molecule has 0 aliphatic heterocycles. The minimum atomic E-state index is 0.896. The predicted octanol–water partition coefficient (Wildman–Crippen LogP) is 3.09. The average molecular weight is 275 g/mol. The second kappa shape index (κ2) is 7.36. The van der Waals surface area contributed by atoms with Crippen LogP contribution in [0.1, 0.15) is 18.4 Å². The number of nitrogens with one attached hydrogen (secondary N) is 1. The van der Waals surface area contributed by atoms with E-state index in [-0.39, 0.29) is 0 Å². The van der Waals surface area contributed by atoms with Crippen LogP contribution in [-0.2, 0) is 13.1 Å². The Balaban J connectivity index is 1.90. The average Bonchev–Trinajstić information content (AvgIpc) is 2.79. The Morgan fingerprint density at radius 1 is 1.26 bits per heavy atom. The van der Waals surface area contributed by atoms with Crippen molar-refractivity contribution in [3.63, 3.8) is 0 Å². The molecule has 0 saturated carbocycles. The van der Waals surface area contributed by atoms with Crippen LogP contribution < -0.4 is 5.32 Å². The van der Waals surface area contributed by atoms with Gasteiger partial charge < -0.3 is 9.88 Å². The van der Waals surface area contributed by atoms with Gasteiger partial charge in [0, 0.05) is 29.9 Å². The van der Waals surface area contributed by atoms with Crippen LogP contribution in [0.15, 0.2) is 41.4 Å². The molecule has 0 aliphatic carbocycles. The van der Waals surface area contributed by atoms with Crippen LogP contribution in [0.25, 0.3) is 0 Å². The van der Waals surface area contributed by atoms with Gasteiger partial charge in [0.05, 0.1) is 5.69 Å². The summed E-state index contributed by atoms with van der Waals surface area (Å²) < 4.78 is 2.30. The van der Waals surface area contributed by atoms with Crippen molar-refractivity contribution in [2.24, 2.45) is 0 Å². The minimum absolute atomic E-state index is 0.896. The summed E-state index contributed by atoms with van der Waals surface area (Å²) in [6, 6.07) is 10.5. The monoisotopic (exact) mass is 275 g/mol. The lowest BCUT2D eigenvalue weighted by Gasteiger charge is -2.10. The highest BCUT2D eigenvalue weighted by Gasteiger charge is 2.05. The van der Waals surface area contributed by atoms with Gasteiger partial charge in [0.1, 0.15) is 5.82 Å². The molecule has 0 aliphatic rings. The highest BCUT2D eigenvalue weighted by atomic mass is 32.2. The lowest BCUT2D eigenvalue weighted by Crippen LogP contribution is -2.16. The van der Waals surface area contributed by atoms with Crippen LogP contribution in [-0.4, -0.2) is 21.8 Å². The van der Waals surface area contributed by atoms with Crippen molar-refractivity contribution in [3.8, 4) is 0 Å². The fourth-order valence-electron chi connectivity index (χ4n) is 1.99. The van der Waals surface area contributed by atoms with E-state index in [0.717, 1.165) is 31.2 Å². The summed E-state index contributed by atoms with van der Waals surface area (Å²) in [5.74, 6) is 2.17. The number of benzene rings is 1. The zero-order chi connectivity index (χ0) is 13.5. The standard InChI is InChI=1S/C15H21N3S/c1-3-16-11-14-12-17-13(2)18(14)9-10-19-15-7-5-4-6-8-15/h4-8,12,16H,3,9-11H2,1-2H3.